The maximum atomic E-state index is 13.5. The van der Waals surface area contributed by atoms with Crippen molar-refractivity contribution >= 4 is 16.9 Å². The van der Waals surface area contributed by atoms with E-state index >= 15 is 0 Å². The first-order chi connectivity index (χ1) is 14.4. The van der Waals surface area contributed by atoms with Gasteiger partial charge >= 0.3 is 0 Å². The highest BCUT2D eigenvalue weighted by Crippen LogP contribution is 2.39. The lowest BCUT2D eigenvalue weighted by Gasteiger charge is -2.24. The molecule has 0 unspecified atom stereocenters. The molecule has 5 rings (SSSR count). The van der Waals surface area contributed by atoms with Gasteiger partial charge in [0.25, 0.3) is 5.91 Å². The van der Waals surface area contributed by atoms with Crippen LogP contribution in [0.5, 0.6) is 0 Å². The Bertz CT molecular complexity index is 1340. The molecule has 4 aromatic rings. The number of hydrogen-bond acceptors (Lipinski definition) is 4. The first-order valence-corrected chi connectivity index (χ1v) is 9.61. The van der Waals surface area contributed by atoms with Crippen molar-refractivity contribution in [3.8, 4) is 0 Å². The topological polar surface area (TPSA) is 63.7 Å². The molecule has 1 aliphatic rings. The van der Waals surface area contributed by atoms with Gasteiger partial charge in [0.15, 0.2) is 5.43 Å². The number of aryl methyl sites for hydroxylation is 2. The Balaban J connectivity index is 1.76. The predicted molar refractivity (Wildman–Crippen MR) is 109 cm³/mol. The third-order valence-corrected chi connectivity index (χ3v) is 5.67. The van der Waals surface area contributed by atoms with Crippen LogP contribution in [-0.2, 0) is 6.54 Å². The third kappa shape index (κ3) is 2.76. The summed E-state index contributed by atoms with van der Waals surface area (Å²) in [6.07, 6.45) is 1.53. The van der Waals surface area contributed by atoms with Gasteiger partial charge in [0.2, 0.25) is 5.76 Å². The maximum Gasteiger partial charge on any atom is 0.291 e. The van der Waals surface area contributed by atoms with Crippen molar-refractivity contribution in [1.82, 2.24) is 4.90 Å². The molecule has 0 saturated carbocycles. The molecule has 0 radical (unpaired) electrons. The molecule has 2 aromatic heterocycles. The standard InChI is InChI=1S/C24H18FNO4/c1-13-10-18-19(11-14(13)2)30-23-20(22(18)27)21(15-5-7-16(25)8-6-15)26(24(23)28)12-17-4-3-9-29-17/h3-11,21H,12H2,1-2H3/t21-/m0/s1. The van der Waals surface area contributed by atoms with E-state index in [1.807, 2.05) is 13.8 Å². The molecular weight excluding hydrogens is 385 g/mol. The summed E-state index contributed by atoms with van der Waals surface area (Å²) in [6.45, 7) is 4.01. The molecule has 6 heteroatoms. The Morgan fingerprint density at radius 1 is 1.03 bits per heavy atom. The molecule has 5 nitrogen and oxygen atoms in total. The van der Waals surface area contributed by atoms with Gasteiger partial charge in [0.05, 0.1) is 29.8 Å². The summed E-state index contributed by atoms with van der Waals surface area (Å²) in [5, 5.41) is 0.427. The van der Waals surface area contributed by atoms with E-state index in [-0.39, 0.29) is 23.3 Å². The number of halogens is 1. The van der Waals surface area contributed by atoms with Crippen LogP contribution in [0.1, 0.15) is 44.6 Å². The van der Waals surface area contributed by atoms with Crippen LogP contribution >= 0.6 is 0 Å². The van der Waals surface area contributed by atoms with E-state index in [1.165, 1.54) is 23.3 Å². The van der Waals surface area contributed by atoms with Crippen molar-refractivity contribution in [2.75, 3.05) is 0 Å². The number of fused-ring (bicyclic) bond motifs is 2. The van der Waals surface area contributed by atoms with Gasteiger partial charge in [0.1, 0.15) is 17.2 Å². The summed E-state index contributed by atoms with van der Waals surface area (Å²) < 4.78 is 24.9. The molecule has 0 aliphatic carbocycles. The van der Waals surface area contributed by atoms with Gasteiger partial charge in [-0.3, -0.25) is 9.59 Å². The van der Waals surface area contributed by atoms with E-state index in [2.05, 4.69) is 0 Å². The zero-order valence-corrected chi connectivity index (χ0v) is 16.4. The summed E-state index contributed by atoms with van der Waals surface area (Å²) in [6, 6.07) is 12.2. The average Bonchev–Trinajstić information content (AvgIpc) is 3.33. The average molecular weight is 403 g/mol. The fraction of sp³-hybridized carbons (Fsp3) is 0.167. The number of rotatable bonds is 3. The summed E-state index contributed by atoms with van der Waals surface area (Å²) in [4.78, 5) is 28.3. The second-order valence-corrected chi connectivity index (χ2v) is 7.57. The lowest BCUT2D eigenvalue weighted by atomic mass is 9.97. The van der Waals surface area contributed by atoms with Gasteiger partial charge in [-0.2, -0.15) is 0 Å². The summed E-state index contributed by atoms with van der Waals surface area (Å²) in [5.74, 6) is -0.186. The van der Waals surface area contributed by atoms with E-state index in [0.29, 0.717) is 22.3 Å². The van der Waals surface area contributed by atoms with Crippen molar-refractivity contribution < 1.29 is 18.0 Å². The highest BCUT2D eigenvalue weighted by molar-refractivity contribution is 5.99. The van der Waals surface area contributed by atoms with Crippen LogP contribution < -0.4 is 5.43 Å². The van der Waals surface area contributed by atoms with Crippen LogP contribution in [0.4, 0.5) is 4.39 Å². The van der Waals surface area contributed by atoms with Crippen LogP contribution in [0, 0.1) is 19.7 Å². The number of furan rings is 1. The van der Waals surface area contributed by atoms with Crippen LogP contribution in [0.2, 0.25) is 0 Å². The molecule has 1 atom stereocenters. The molecular formula is C24H18FNO4. The Morgan fingerprint density at radius 3 is 2.47 bits per heavy atom. The molecule has 150 valence electrons. The van der Waals surface area contributed by atoms with Crippen LogP contribution in [-0.4, -0.2) is 10.8 Å². The van der Waals surface area contributed by atoms with Crippen molar-refractivity contribution in [3.63, 3.8) is 0 Å². The van der Waals surface area contributed by atoms with Crippen molar-refractivity contribution in [2.24, 2.45) is 0 Å². The number of nitrogens with zero attached hydrogens (tertiary/aromatic N) is 1. The smallest absolute Gasteiger partial charge is 0.291 e. The fourth-order valence-electron chi connectivity index (χ4n) is 4.00. The van der Waals surface area contributed by atoms with Crippen LogP contribution in [0.25, 0.3) is 11.0 Å². The Morgan fingerprint density at radius 2 is 1.77 bits per heavy atom. The van der Waals surface area contributed by atoms with Crippen LogP contribution in [0.3, 0.4) is 0 Å². The Labute approximate surface area is 171 Å². The molecule has 1 amide bonds. The van der Waals surface area contributed by atoms with E-state index in [9.17, 15) is 14.0 Å². The lowest BCUT2D eigenvalue weighted by Crippen LogP contribution is -2.29. The number of benzene rings is 2. The minimum absolute atomic E-state index is 0.0247. The summed E-state index contributed by atoms with van der Waals surface area (Å²) in [5.41, 5.74) is 2.97. The molecule has 0 N–H and O–H groups in total. The zero-order valence-electron chi connectivity index (χ0n) is 16.4. The Hall–Kier alpha value is -3.67. The molecule has 0 fully saturated rings. The van der Waals surface area contributed by atoms with Crippen molar-refractivity contribution in [2.45, 2.75) is 26.4 Å². The predicted octanol–water partition coefficient (Wildman–Crippen LogP) is 4.89. The summed E-state index contributed by atoms with van der Waals surface area (Å²) >= 11 is 0. The molecule has 0 saturated heterocycles. The Kier molecular flexibility index (Phi) is 4.10. The van der Waals surface area contributed by atoms with Crippen molar-refractivity contribution in [1.29, 1.82) is 0 Å². The molecule has 0 spiro atoms. The number of carbonyl (C=O) groups is 1. The first kappa shape index (κ1) is 18.4. The van der Waals surface area contributed by atoms with Gasteiger partial charge in [-0.1, -0.05) is 12.1 Å². The van der Waals surface area contributed by atoms with E-state index in [4.69, 9.17) is 8.83 Å². The van der Waals surface area contributed by atoms with E-state index < -0.39 is 17.8 Å². The second-order valence-electron chi connectivity index (χ2n) is 7.57. The van der Waals surface area contributed by atoms with Gasteiger partial charge in [0, 0.05) is 0 Å². The molecule has 30 heavy (non-hydrogen) atoms. The lowest BCUT2D eigenvalue weighted by molar-refractivity contribution is 0.0701. The van der Waals surface area contributed by atoms with Crippen molar-refractivity contribution in [3.05, 3.63) is 105 Å². The number of carbonyl (C=O) groups excluding carboxylic acids is 1. The van der Waals surface area contributed by atoms with E-state index in [0.717, 1.165) is 11.1 Å². The first-order valence-electron chi connectivity index (χ1n) is 9.61. The summed E-state index contributed by atoms with van der Waals surface area (Å²) in [7, 11) is 0. The second kappa shape index (κ2) is 6.69. The molecule has 1 aliphatic heterocycles. The number of amides is 1. The van der Waals surface area contributed by atoms with Gasteiger partial charge in [-0.25, -0.2) is 4.39 Å². The number of hydrogen-bond donors (Lipinski definition) is 0. The third-order valence-electron chi connectivity index (χ3n) is 5.67. The highest BCUT2D eigenvalue weighted by atomic mass is 19.1. The highest BCUT2D eigenvalue weighted by Gasteiger charge is 2.43. The normalized spacial score (nSPS) is 15.8. The largest absolute Gasteiger partial charge is 0.467 e. The monoisotopic (exact) mass is 403 g/mol. The quantitative estimate of drug-likeness (QED) is 0.489. The fourth-order valence-corrected chi connectivity index (χ4v) is 4.00. The zero-order chi connectivity index (χ0) is 21.0. The molecule has 3 heterocycles. The maximum absolute atomic E-state index is 13.5. The minimum atomic E-state index is -0.694. The minimum Gasteiger partial charge on any atom is -0.467 e. The molecule has 2 aromatic carbocycles. The van der Waals surface area contributed by atoms with Gasteiger partial charge < -0.3 is 13.7 Å². The van der Waals surface area contributed by atoms with Gasteiger partial charge in [-0.15, -0.1) is 0 Å². The van der Waals surface area contributed by atoms with Gasteiger partial charge in [-0.05, 0) is 66.9 Å². The van der Waals surface area contributed by atoms with Crippen LogP contribution in [0.15, 0.2) is 68.4 Å². The SMILES string of the molecule is Cc1cc2oc3c(c(=O)c2cc1C)[C@H](c1ccc(F)cc1)N(Cc1ccco1)C3=O. The van der Waals surface area contributed by atoms with E-state index in [1.54, 1.807) is 36.4 Å². The molecule has 0 bridgehead atoms.